The van der Waals surface area contributed by atoms with Crippen molar-refractivity contribution in [2.75, 3.05) is 20.1 Å². The predicted molar refractivity (Wildman–Crippen MR) is 65.6 cm³/mol. The van der Waals surface area contributed by atoms with Crippen LogP contribution in [-0.4, -0.2) is 34.4 Å². The molecule has 0 atom stereocenters. The Hall–Kier alpha value is -1.10. The SMILES string of the molecule is CN(CCN)Cc1cn2cc(Cl)ccc2n1. The summed E-state index contributed by atoms with van der Waals surface area (Å²) in [6.07, 6.45) is 3.85. The molecule has 2 N–H and O–H groups in total. The van der Waals surface area contributed by atoms with Crippen LogP contribution in [0.4, 0.5) is 0 Å². The van der Waals surface area contributed by atoms with Crippen LogP contribution >= 0.6 is 11.6 Å². The largest absolute Gasteiger partial charge is 0.329 e. The Morgan fingerprint density at radius 3 is 3.00 bits per heavy atom. The van der Waals surface area contributed by atoms with Gasteiger partial charge in [0.2, 0.25) is 0 Å². The molecule has 0 aliphatic carbocycles. The highest BCUT2D eigenvalue weighted by atomic mass is 35.5. The molecule has 0 bridgehead atoms. The molecule has 0 saturated carbocycles. The number of nitrogens with zero attached hydrogens (tertiary/aromatic N) is 3. The van der Waals surface area contributed by atoms with Crippen molar-refractivity contribution < 1.29 is 0 Å². The zero-order valence-corrected chi connectivity index (χ0v) is 9.98. The number of rotatable bonds is 4. The van der Waals surface area contributed by atoms with Gasteiger partial charge in [0.05, 0.1) is 10.7 Å². The van der Waals surface area contributed by atoms with Crippen molar-refractivity contribution in [2.45, 2.75) is 6.54 Å². The van der Waals surface area contributed by atoms with Gasteiger partial charge in [-0.2, -0.15) is 0 Å². The number of fused-ring (bicyclic) bond motifs is 1. The van der Waals surface area contributed by atoms with E-state index in [-0.39, 0.29) is 0 Å². The minimum Gasteiger partial charge on any atom is -0.329 e. The number of halogens is 1. The fourth-order valence-electron chi connectivity index (χ4n) is 1.67. The summed E-state index contributed by atoms with van der Waals surface area (Å²) in [6.45, 7) is 2.33. The standard InChI is InChI=1S/C11H15ClN4/c1-15(5-4-13)7-10-8-16-6-9(12)2-3-11(16)14-10/h2-3,6,8H,4-5,7,13H2,1H3. The molecule has 0 aromatic carbocycles. The van der Waals surface area contributed by atoms with E-state index in [0.717, 1.165) is 24.4 Å². The van der Waals surface area contributed by atoms with Crippen LogP contribution in [0.25, 0.3) is 5.65 Å². The van der Waals surface area contributed by atoms with Crippen molar-refractivity contribution in [1.82, 2.24) is 14.3 Å². The van der Waals surface area contributed by atoms with E-state index in [1.165, 1.54) is 0 Å². The first kappa shape index (κ1) is 11.4. The highest BCUT2D eigenvalue weighted by molar-refractivity contribution is 6.30. The first-order chi connectivity index (χ1) is 7.69. The first-order valence-corrected chi connectivity index (χ1v) is 5.58. The van der Waals surface area contributed by atoms with Gasteiger partial charge in [-0.15, -0.1) is 0 Å². The minimum atomic E-state index is 0.662. The molecule has 2 rings (SSSR count). The van der Waals surface area contributed by atoms with E-state index in [4.69, 9.17) is 17.3 Å². The summed E-state index contributed by atoms with van der Waals surface area (Å²) in [4.78, 5) is 6.64. The molecule has 0 saturated heterocycles. The average Bonchev–Trinajstić information content (AvgIpc) is 2.59. The van der Waals surface area contributed by atoms with Crippen LogP contribution in [0.5, 0.6) is 0 Å². The third kappa shape index (κ3) is 2.52. The molecule has 5 heteroatoms. The molecule has 0 aliphatic rings. The normalized spacial score (nSPS) is 11.5. The van der Waals surface area contributed by atoms with Gasteiger partial charge in [-0.1, -0.05) is 11.6 Å². The molecule has 2 aromatic heterocycles. The molecular formula is C11H15ClN4. The van der Waals surface area contributed by atoms with E-state index < -0.39 is 0 Å². The Labute approximate surface area is 99.6 Å². The van der Waals surface area contributed by atoms with Crippen LogP contribution in [-0.2, 0) is 6.54 Å². The van der Waals surface area contributed by atoms with E-state index in [1.807, 2.05) is 36.0 Å². The van der Waals surface area contributed by atoms with Gasteiger partial charge < -0.3 is 10.1 Å². The van der Waals surface area contributed by atoms with E-state index >= 15 is 0 Å². The average molecular weight is 239 g/mol. The van der Waals surface area contributed by atoms with Crippen LogP contribution in [0.15, 0.2) is 24.5 Å². The highest BCUT2D eigenvalue weighted by Gasteiger charge is 2.04. The van der Waals surface area contributed by atoms with Gasteiger partial charge in [-0.05, 0) is 19.2 Å². The molecule has 0 aliphatic heterocycles. The van der Waals surface area contributed by atoms with Gasteiger partial charge >= 0.3 is 0 Å². The Morgan fingerprint density at radius 1 is 1.44 bits per heavy atom. The summed E-state index contributed by atoms with van der Waals surface area (Å²) in [7, 11) is 2.03. The van der Waals surface area contributed by atoms with Crippen molar-refractivity contribution in [2.24, 2.45) is 5.73 Å². The minimum absolute atomic E-state index is 0.662. The molecule has 0 fully saturated rings. The van der Waals surface area contributed by atoms with Crippen LogP contribution < -0.4 is 5.73 Å². The third-order valence-corrected chi connectivity index (χ3v) is 2.63. The second kappa shape index (κ2) is 4.82. The molecule has 2 aromatic rings. The van der Waals surface area contributed by atoms with Crippen molar-refractivity contribution in [3.8, 4) is 0 Å². The number of hydrogen-bond donors (Lipinski definition) is 1. The molecule has 4 nitrogen and oxygen atoms in total. The van der Waals surface area contributed by atoms with Crippen molar-refractivity contribution in [3.63, 3.8) is 0 Å². The molecule has 0 radical (unpaired) electrons. The third-order valence-electron chi connectivity index (χ3n) is 2.41. The second-order valence-corrected chi connectivity index (χ2v) is 4.31. The van der Waals surface area contributed by atoms with Gasteiger partial charge in [-0.3, -0.25) is 4.90 Å². The summed E-state index contributed by atoms with van der Waals surface area (Å²) in [5.74, 6) is 0. The Balaban J connectivity index is 2.19. The second-order valence-electron chi connectivity index (χ2n) is 3.87. The number of nitrogens with two attached hydrogens (primary N) is 1. The fourth-order valence-corrected chi connectivity index (χ4v) is 1.84. The van der Waals surface area contributed by atoms with E-state index in [9.17, 15) is 0 Å². The molecule has 0 amide bonds. The Bertz CT molecular complexity index is 480. The monoisotopic (exact) mass is 238 g/mol. The summed E-state index contributed by atoms with van der Waals surface area (Å²) in [5, 5.41) is 0.715. The van der Waals surface area contributed by atoms with Crippen LogP contribution in [0, 0.1) is 0 Å². The van der Waals surface area contributed by atoms with Crippen LogP contribution in [0.2, 0.25) is 5.02 Å². The molecule has 16 heavy (non-hydrogen) atoms. The maximum absolute atomic E-state index is 5.91. The summed E-state index contributed by atoms with van der Waals surface area (Å²) < 4.78 is 1.94. The van der Waals surface area contributed by atoms with E-state index in [2.05, 4.69) is 9.88 Å². The van der Waals surface area contributed by atoms with E-state index in [0.29, 0.717) is 11.6 Å². The van der Waals surface area contributed by atoms with Gasteiger partial charge in [0.1, 0.15) is 5.65 Å². The zero-order valence-electron chi connectivity index (χ0n) is 9.23. The summed E-state index contributed by atoms with van der Waals surface area (Å²) in [6, 6.07) is 3.76. The summed E-state index contributed by atoms with van der Waals surface area (Å²) in [5.41, 5.74) is 7.44. The molecular weight excluding hydrogens is 224 g/mol. The molecule has 2 heterocycles. The zero-order chi connectivity index (χ0) is 11.5. The number of pyridine rings is 1. The Kier molecular flexibility index (Phi) is 3.43. The van der Waals surface area contributed by atoms with E-state index in [1.54, 1.807) is 0 Å². The number of likely N-dealkylation sites (N-methyl/N-ethyl adjacent to an activating group) is 1. The highest BCUT2D eigenvalue weighted by Crippen LogP contribution is 2.12. The van der Waals surface area contributed by atoms with Gasteiger partial charge in [0, 0.05) is 32.0 Å². The number of aromatic nitrogens is 2. The lowest BCUT2D eigenvalue weighted by Gasteiger charge is -2.12. The molecule has 0 unspecified atom stereocenters. The smallest absolute Gasteiger partial charge is 0.137 e. The maximum atomic E-state index is 5.91. The topological polar surface area (TPSA) is 46.6 Å². The lowest BCUT2D eigenvalue weighted by Crippen LogP contribution is -2.25. The molecule has 0 spiro atoms. The quantitative estimate of drug-likeness (QED) is 0.876. The van der Waals surface area contributed by atoms with Crippen molar-refractivity contribution >= 4 is 17.2 Å². The van der Waals surface area contributed by atoms with Gasteiger partial charge in [0.25, 0.3) is 0 Å². The first-order valence-electron chi connectivity index (χ1n) is 5.21. The fraction of sp³-hybridized carbons (Fsp3) is 0.364. The summed E-state index contributed by atoms with van der Waals surface area (Å²) >= 11 is 5.91. The van der Waals surface area contributed by atoms with Gasteiger partial charge in [-0.25, -0.2) is 4.98 Å². The van der Waals surface area contributed by atoms with Crippen LogP contribution in [0.1, 0.15) is 5.69 Å². The van der Waals surface area contributed by atoms with Crippen molar-refractivity contribution in [1.29, 1.82) is 0 Å². The lowest BCUT2D eigenvalue weighted by atomic mass is 10.4. The Morgan fingerprint density at radius 2 is 2.25 bits per heavy atom. The molecule has 86 valence electrons. The van der Waals surface area contributed by atoms with Gasteiger partial charge in [0.15, 0.2) is 0 Å². The van der Waals surface area contributed by atoms with Crippen LogP contribution in [0.3, 0.4) is 0 Å². The lowest BCUT2D eigenvalue weighted by molar-refractivity contribution is 0.333. The number of imidazole rings is 1. The maximum Gasteiger partial charge on any atom is 0.137 e. The number of hydrogen-bond acceptors (Lipinski definition) is 3. The van der Waals surface area contributed by atoms with Crippen molar-refractivity contribution in [3.05, 3.63) is 35.2 Å². The predicted octanol–water partition coefficient (Wildman–Crippen LogP) is 1.38.